The molecule has 1 nitrogen and oxygen atoms in total. The zero-order valence-electron chi connectivity index (χ0n) is 14.8. The van der Waals surface area contributed by atoms with Gasteiger partial charge in [0.1, 0.15) is 0 Å². The first-order valence-corrected chi connectivity index (χ1v) is 9.48. The van der Waals surface area contributed by atoms with Gasteiger partial charge < -0.3 is 0 Å². The van der Waals surface area contributed by atoms with Crippen molar-refractivity contribution in [2.24, 2.45) is 0 Å². The summed E-state index contributed by atoms with van der Waals surface area (Å²) in [5.74, 6) is 0. The Morgan fingerprint density at radius 1 is 0.519 bits per heavy atom. The third kappa shape index (κ3) is 2.22. The van der Waals surface area contributed by atoms with Crippen LogP contribution in [0.15, 0.2) is 84.9 Å². The van der Waals surface area contributed by atoms with Gasteiger partial charge in [-0.15, -0.1) is 0 Å². The monoisotopic (exact) mass is 344 g/mol. The lowest BCUT2D eigenvalue weighted by Crippen LogP contribution is -2.20. The third-order valence-corrected chi connectivity index (χ3v) is 5.81. The van der Waals surface area contributed by atoms with Gasteiger partial charge in [-0.05, 0) is 43.8 Å². The van der Waals surface area contributed by atoms with Crippen LogP contribution in [0.3, 0.4) is 0 Å². The summed E-state index contributed by atoms with van der Waals surface area (Å²) < 4.78 is 0. The van der Waals surface area contributed by atoms with Gasteiger partial charge >= 0.3 is 0 Å². The second-order valence-corrected chi connectivity index (χ2v) is 7.34. The molecule has 2 unspecified atom stereocenters. The van der Waals surface area contributed by atoms with Gasteiger partial charge in [-0.2, -0.15) is 0 Å². The molecule has 1 radical (unpaired) electrons. The van der Waals surface area contributed by atoms with Crippen LogP contribution in [-0.4, -0.2) is 0 Å². The first-order chi connectivity index (χ1) is 13.4. The highest BCUT2D eigenvalue weighted by Crippen LogP contribution is 2.39. The topological polar surface area (TPSA) is 14.1 Å². The Morgan fingerprint density at radius 3 is 1.44 bits per heavy atom. The van der Waals surface area contributed by atoms with Crippen LogP contribution < -0.4 is 5.32 Å². The lowest BCUT2D eigenvalue weighted by molar-refractivity contribution is 0.555. The molecule has 0 amide bonds. The Morgan fingerprint density at radius 2 is 0.963 bits per heavy atom. The summed E-state index contributed by atoms with van der Waals surface area (Å²) in [6, 6.07) is 26.3. The van der Waals surface area contributed by atoms with E-state index >= 15 is 0 Å². The minimum atomic E-state index is 0.0822. The lowest BCUT2D eigenvalue weighted by Gasteiger charge is -2.27. The van der Waals surface area contributed by atoms with E-state index < -0.39 is 0 Å². The van der Waals surface area contributed by atoms with E-state index in [1.165, 1.54) is 43.8 Å². The van der Waals surface area contributed by atoms with E-state index in [1.807, 2.05) is 0 Å². The van der Waals surface area contributed by atoms with Gasteiger partial charge in [0.15, 0.2) is 0 Å². The number of hydrogen-bond acceptors (Lipinski definition) is 0. The maximum atomic E-state index is 5.27. The molecule has 127 valence electrons. The van der Waals surface area contributed by atoms with Crippen LogP contribution in [0.4, 0.5) is 0 Å². The van der Waals surface area contributed by atoms with E-state index in [9.17, 15) is 0 Å². The molecular formula is C26H18N. The molecule has 0 spiro atoms. The van der Waals surface area contributed by atoms with Crippen molar-refractivity contribution in [3.63, 3.8) is 0 Å². The first kappa shape index (κ1) is 15.0. The fourth-order valence-electron chi connectivity index (χ4n) is 4.60. The second-order valence-electron chi connectivity index (χ2n) is 7.34. The number of hydrogen-bond donors (Lipinski definition) is 0. The van der Waals surface area contributed by atoms with E-state index in [4.69, 9.17) is 5.32 Å². The van der Waals surface area contributed by atoms with Gasteiger partial charge in [0.25, 0.3) is 0 Å². The molecule has 2 aliphatic carbocycles. The molecule has 0 aromatic heterocycles. The number of nitrogens with zero attached hydrogens (tertiary/aromatic N) is 1. The Balaban J connectivity index is 1.45. The van der Waals surface area contributed by atoms with Gasteiger partial charge in [-0.25, -0.2) is 5.32 Å². The van der Waals surface area contributed by atoms with Crippen molar-refractivity contribution in [3.8, 4) is 0 Å². The minimum Gasteiger partial charge on any atom is -0.217 e. The van der Waals surface area contributed by atoms with E-state index in [0.717, 1.165) is 0 Å². The average Bonchev–Trinajstić information content (AvgIpc) is 2.72. The normalized spacial score (nSPS) is 19.7. The van der Waals surface area contributed by atoms with Crippen molar-refractivity contribution in [1.82, 2.24) is 5.32 Å². The van der Waals surface area contributed by atoms with Gasteiger partial charge in [0.05, 0.1) is 12.1 Å². The molecule has 2 atom stereocenters. The SMILES string of the molecule is C1=CC([N]C2C=Cc3cccc4cccc2c34)c2cccc3cccc1c23. The molecule has 4 aromatic carbocycles. The summed E-state index contributed by atoms with van der Waals surface area (Å²) in [7, 11) is 0. The smallest absolute Gasteiger partial charge is 0.0696 e. The maximum absolute atomic E-state index is 5.27. The molecular weight excluding hydrogens is 326 g/mol. The first-order valence-electron chi connectivity index (χ1n) is 9.48. The third-order valence-electron chi connectivity index (χ3n) is 5.81. The summed E-state index contributed by atoms with van der Waals surface area (Å²) in [6.45, 7) is 0. The quantitative estimate of drug-likeness (QED) is 0.398. The van der Waals surface area contributed by atoms with E-state index in [-0.39, 0.29) is 12.1 Å². The highest BCUT2D eigenvalue weighted by atomic mass is 14.9. The molecule has 2 aliphatic rings. The molecule has 27 heavy (non-hydrogen) atoms. The summed E-state index contributed by atoms with van der Waals surface area (Å²) in [6.07, 6.45) is 8.94. The highest BCUT2D eigenvalue weighted by molar-refractivity contribution is 5.97. The van der Waals surface area contributed by atoms with Gasteiger partial charge in [0.2, 0.25) is 0 Å². The molecule has 0 N–H and O–H groups in total. The average molecular weight is 344 g/mol. The molecule has 6 rings (SSSR count). The van der Waals surface area contributed by atoms with Gasteiger partial charge in [-0.1, -0.05) is 97.1 Å². The van der Waals surface area contributed by atoms with Crippen LogP contribution in [0.2, 0.25) is 0 Å². The van der Waals surface area contributed by atoms with Crippen molar-refractivity contribution >= 4 is 33.7 Å². The molecule has 0 saturated heterocycles. The van der Waals surface area contributed by atoms with Crippen molar-refractivity contribution < 1.29 is 0 Å². The largest absolute Gasteiger partial charge is 0.217 e. The Kier molecular flexibility index (Phi) is 3.14. The summed E-state index contributed by atoms with van der Waals surface area (Å²) >= 11 is 0. The van der Waals surface area contributed by atoms with E-state index in [0.29, 0.717) is 0 Å². The molecule has 1 heteroatoms. The fourth-order valence-corrected chi connectivity index (χ4v) is 4.60. The standard InChI is InChI=1S/C26H18N/c1-5-17-9-3-11-21-23(15-13-19(7-1)25(17)21)27-24-16-14-20-8-2-6-18-10-4-12-22(24)26(18)20/h1-16,23-24H. The lowest BCUT2D eigenvalue weighted by atomic mass is 9.87. The zero-order valence-corrected chi connectivity index (χ0v) is 14.8. The van der Waals surface area contributed by atoms with Crippen molar-refractivity contribution in [2.75, 3.05) is 0 Å². The van der Waals surface area contributed by atoms with Crippen LogP contribution in [-0.2, 0) is 0 Å². The van der Waals surface area contributed by atoms with E-state index in [2.05, 4.69) is 97.1 Å². The van der Waals surface area contributed by atoms with Crippen molar-refractivity contribution in [3.05, 3.63) is 107 Å². The molecule has 0 bridgehead atoms. The second kappa shape index (κ2) is 5.67. The Hall–Kier alpha value is -3.16. The summed E-state index contributed by atoms with van der Waals surface area (Å²) in [5, 5.41) is 10.5. The Bertz CT molecular complexity index is 1150. The van der Waals surface area contributed by atoms with Crippen LogP contribution >= 0.6 is 0 Å². The van der Waals surface area contributed by atoms with Crippen LogP contribution in [0.1, 0.15) is 34.3 Å². The Labute approximate surface area is 158 Å². The predicted molar refractivity (Wildman–Crippen MR) is 114 cm³/mol. The highest BCUT2D eigenvalue weighted by Gasteiger charge is 2.24. The maximum Gasteiger partial charge on any atom is 0.0696 e. The van der Waals surface area contributed by atoms with Crippen LogP contribution in [0, 0.1) is 0 Å². The van der Waals surface area contributed by atoms with E-state index in [1.54, 1.807) is 0 Å². The molecule has 0 fully saturated rings. The minimum absolute atomic E-state index is 0.0822. The van der Waals surface area contributed by atoms with Gasteiger partial charge in [0, 0.05) is 0 Å². The molecule has 0 heterocycles. The summed E-state index contributed by atoms with van der Waals surface area (Å²) in [4.78, 5) is 0. The molecule has 0 saturated carbocycles. The van der Waals surface area contributed by atoms with Crippen LogP contribution in [0.25, 0.3) is 33.7 Å². The summed E-state index contributed by atoms with van der Waals surface area (Å²) in [5.41, 5.74) is 5.21. The van der Waals surface area contributed by atoms with Crippen LogP contribution in [0.5, 0.6) is 0 Å². The zero-order chi connectivity index (χ0) is 17.8. The number of benzene rings is 4. The fraction of sp³-hybridized carbons (Fsp3) is 0.0769. The molecule has 0 aliphatic heterocycles. The van der Waals surface area contributed by atoms with Gasteiger partial charge in [-0.3, -0.25) is 0 Å². The van der Waals surface area contributed by atoms with Crippen molar-refractivity contribution in [2.45, 2.75) is 12.1 Å². The number of rotatable bonds is 2. The molecule has 4 aromatic rings. The predicted octanol–water partition coefficient (Wildman–Crippen LogP) is 6.43. The van der Waals surface area contributed by atoms with Crippen molar-refractivity contribution in [1.29, 1.82) is 0 Å².